The van der Waals surface area contributed by atoms with E-state index in [9.17, 15) is 9.18 Å². The van der Waals surface area contributed by atoms with Crippen LogP contribution in [-0.2, 0) is 4.79 Å². The molecule has 0 aromatic heterocycles. The van der Waals surface area contributed by atoms with E-state index in [-0.39, 0.29) is 6.42 Å². The fourth-order valence-corrected chi connectivity index (χ4v) is 2.87. The molecule has 25 heavy (non-hydrogen) atoms. The standard InChI is InChI=1S/C18H15FN2O3S/c1-24-12-5-6-14-13(8-12)17(10-3-2-4-11(19)7-10)20-15(9-16(22)23)18(25)21-14/h2-8,15H,9H2,1H3,(H,21,25)(H,22,23)/t15-/m0/s1. The molecule has 0 saturated carbocycles. The number of aliphatic imine (C=N–C) groups is 1. The van der Waals surface area contributed by atoms with Gasteiger partial charge in [0.25, 0.3) is 0 Å². The molecule has 3 rings (SSSR count). The first-order valence-electron chi connectivity index (χ1n) is 7.52. The maximum Gasteiger partial charge on any atom is 0.305 e. The summed E-state index contributed by atoms with van der Waals surface area (Å²) < 4.78 is 19.0. The van der Waals surface area contributed by atoms with E-state index >= 15 is 0 Å². The summed E-state index contributed by atoms with van der Waals surface area (Å²) in [5.74, 6) is -0.813. The molecule has 7 heteroatoms. The van der Waals surface area contributed by atoms with E-state index < -0.39 is 17.8 Å². The van der Waals surface area contributed by atoms with Gasteiger partial charge in [0.15, 0.2) is 0 Å². The number of carbonyl (C=O) groups is 1. The lowest BCUT2D eigenvalue weighted by atomic mass is 10.00. The van der Waals surface area contributed by atoms with Gasteiger partial charge in [-0.05, 0) is 30.3 Å². The topological polar surface area (TPSA) is 70.9 Å². The molecule has 0 amide bonds. The molecule has 0 aliphatic carbocycles. The molecule has 0 unspecified atom stereocenters. The van der Waals surface area contributed by atoms with Crippen LogP contribution in [0.1, 0.15) is 17.5 Å². The summed E-state index contributed by atoms with van der Waals surface area (Å²) in [6, 6.07) is 10.5. The maximum absolute atomic E-state index is 13.7. The monoisotopic (exact) mass is 358 g/mol. The number of fused-ring (bicyclic) bond motifs is 1. The lowest BCUT2D eigenvalue weighted by Crippen LogP contribution is -2.26. The Bertz CT molecular complexity index is 882. The predicted molar refractivity (Wildman–Crippen MR) is 97.3 cm³/mol. The zero-order valence-electron chi connectivity index (χ0n) is 13.3. The molecule has 0 radical (unpaired) electrons. The van der Waals surface area contributed by atoms with Crippen molar-refractivity contribution in [3.63, 3.8) is 0 Å². The zero-order valence-corrected chi connectivity index (χ0v) is 14.1. The molecule has 1 heterocycles. The Morgan fingerprint density at radius 1 is 1.36 bits per heavy atom. The number of hydrogen-bond acceptors (Lipinski definition) is 4. The maximum atomic E-state index is 13.7. The van der Waals surface area contributed by atoms with Crippen molar-refractivity contribution < 1.29 is 19.0 Å². The number of ether oxygens (including phenoxy) is 1. The molecule has 2 N–H and O–H groups in total. The van der Waals surface area contributed by atoms with Crippen LogP contribution in [-0.4, -0.2) is 34.9 Å². The first kappa shape index (κ1) is 17.0. The summed E-state index contributed by atoms with van der Waals surface area (Å²) in [5.41, 5.74) is 2.34. The third kappa shape index (κ3) is 3.66. The first-order chi connectivity index (χ1) is 12.0. The van der Waals surface area contributed by atoms with Crippen molar-refractivity contribution in [3.8, 4) is 5.75 Å². The largest absolute Gasteiger partial charge is 0.497 e. The van der Waals surface area contributed by atoms with Crippen LogP contribution in [0.4, 0.5) is 10.1 Å². The molecular formula is C18H15FN2O3S. The predicted octanol–water partition coefficient (Wildman–Crippen LogP) is 3.27. The van der Waals surface area contributed by atoms with Crippen molar-refractivity contribution in [1.82, 2.24) is 0 Å². The van der Waals surface area contributed by atoms with Crippen LogP contribution in [0.2, 0.25) is 0 Å². The van der Waals surface area contributed by atoms with Gasteiger partial charge >= 0.3 is 5.97 Å². The van der Waals surface area contributed by atoms with Gasteiger partial charge in [0, 0.05) is 16.8 Å². The van der Waals surface area contributed by atoms with Crippen LogP contribution >= 0.6 is 12.2 Å². The number of thiocarbonyl (C=S) groups is 1. The second kappa shape index (κ2) is 6.98. The Labute approximate surface area is 149 Å². The number of carboxylic acid groups (broad SMARTS) is 1. The summed E-state index contributed by atoms with van der Waals surface area (Å²) in [5, 5.41) is 12.2. The molecule has 0 saturated heterocycles. The SMILES string of the molecule is COc1ccc2c(c1)C(c1cccc(F)c1)=N[C@@H](CC(=O)O)C(=S)N2. The molecule has 0 fully saturated rings. The van der Waals surface area contributed by atoms with Crippen LogP contribution in [0.25, 0.3) is 0 Å². The van der Waals surface area contributed by atoms with Crippen LogP contribution in [0, 0.1) is 5.82 Å². The number of anilines is 1. The van der Waals surface area contributed by atoms with Gasteiger partial charge in [0.2, 0.25) is 0 Å². The first-order valence-corrected chi connectivity index (χ1v) is 7.93. The van der Waals surface area contributed by atoms with Gasteiger partial charge in [0.05, 0.1) is 19.2 Å². The second-order valence-electron chi connectivity index (χ2n) is 5.50. The number of nitrogens with zero attached hydrogens (tertiary/aromatic N) is 1. The number of carboxylic acids is 1. The van der Waals surface area contributed by atoms with E-state index in [1.807, 2.05) is 0 Å². The van der Waals surface area contributed by atoms with Gasteiger partial charge < -0.3 is 15.2 Å². The van der Waals surface area contributed by atoms with Crippen LogP contribution in [0.5, 0.6) is 5.75 Å². The Balaban J connectivity index is 2.20. The Morgan fingerprint density at radius 2 is 2.16 bits per heavy atom. The molecule has 1 atom stereocenters. The van der Waals surface area contributed by atoms with Crippen molar-refractivity contribution in [1.29, 1.82) is 0 Å². The van der Waals surface area contributed by atoms with Crippen molar-refractivity contribution in [2.24, 2.45) is 4.99 Å². The summed E-state index contributed by atoms with van der Waals surface area (Å²) in [6.45, 7) is 0. The molecule has 1 aliphatic rings. The van der Waals surface area contributed by atoms with Gasteiger partial charge in [-0.15, -0.1) is 0 Å². The van der Waals surface area contributed by atoms with Gasteiger partial charge in [-0.1, -0.05) is 24.4 Å². The molecule has 5 nitrogen and oxygen atoms in total. The van der Waals surface area contributed by atoms with Crippen LogP contribution in [0.3, 0.4) is 0 Å². The number of nitrogens with one attached hydrogen (secondary N) is 1. The van der Waals surface area contributed by atoms with Gasteiger partial charge in [0.1, 0.15) is 22.6 Å². The average molecular weight is 358 g/mol. The molecule has 0 spiro atoms. The highest BCUT2D eigenvalue weighted by atomic mass is 32.1. The summed E-state index contributed by atoms with van der Waals surface area (Å²) in [7, 11) is 1.54. The fourth-order valence-electron chi connectivity index (χ4n) is 2.62. The molecule has 2 aromatic rings. The van der Waals surface area contributed by atoms with Gasteiger partial charge in [-0.2, -0.15) is 0 Å². The quantitative estimate of drug-likeness (QED) is 0.821. The van der Waals surface area contributed by atoms with Crippen molar-refractivity contribution in [2.45, 2.75) is 12.5 Å². The number of halogens is 1. The highest BCUT2D eigenvalue weighted by Gasteiger charge is 2.25. The molecule has 2 aromatic carbocycles. The van der Waals surface area contributed by atoms with E-state index in [2.05, 4.69) is 10.3 Å². The van der Waals surface area contributed by atoms with E-state index in [0.717, 1.165) is 0 Å². The molecule has 1 aliphatic heterocycles. The smallest absolute Gasteiger partial charge is 0.305 e. The lowest BCUT2D eigenvalue weighted by molar-refractivity contribution is -0.137. The Hall–Kier alpha value is -2.80. The minimum absolute atomic E-state index is 0.254. The van der Waals surface area contributed by atoms with Crippen molar-refractivity contribution >= 4 is 34.6 Å². The van der Waals surface area contributed by atoms with Gasteiger partial charge in [-0.25, -0.2) is 4.39 Å². The van der Waals surface area contributed by atoms with E-state index in [4.69, 9.17) is 22.1 Å². The van der Waals surface area contributed by atoms with Gasteiger partial charge in [-0.3, -0.25) is 9.79 Å². The number of hydrogen-bond donors (Lipinski definition) is 2. The fraction of sp³-hybridized carbons (Fsp3) is 0.167. The highest BCUT2D eigenvalue weighted by Crippen LogP contribution is 2.29. The number of benzene rings is 2. The normalized spacial score (nSPS) is 16.3. The van der Waals surface area contributed by atoms with E-state index in [1.54, 1.807) is 37.4 Å². The Morgan fingerprint density at radius 3 is 2.84 bits per heavy atom. The number of benzodiazepines with no additional fused rings is 1. The summed E-state index contributed by atoms with van der Waals surface area (Å²) in [6.07, 6.45) is -0.254. The summed E-state index contributed by atoms with van der Waals surface area (Å²) in [4.78, 5) is 16.0. The third-order valence-electron chi connectivity index (χ3n) is 3.79. The minimum Gasteiger partial charge on any atom is -0.497 e. The van der Waals surface area contributed by atoms with Crippen LogP contribution in [0.15, 0.2) is 47.5 Å². The van der Waals surface area contributed by atoms with Crippen molar-refractivity contribution in [3.05, 3.63) is 59.4 Å². The minimum atomic E-state index is -1.01. The number of methoxy groups -OCH3 is 1. The molecular weight excluding hydrogens is 343 g/mol. The molecule has 0 bridgehead atoms. The highest BCUT2D eigenvalue weighted by molar-refractivity contribution is 7.80. The zero-order chi connectivity index (χ0) is 18.0. The molecule has 128 valence electrons. The number of rotatable bonds is 4. The van der Waals surface area contributed by atoms with Crippen LogP contribution < -0.4 is 10.1 Å². The van der Waals surface area contributed by atoms with E-state index in [0.29, 0.717) is 33.3 Å². The summed E-state index contributed by atoms with van der Waals surface area (Å²) >= 11 is 5.31. The number of aliphatic carboxylic acids is 1. The third-order valence-corrected chi connectivity index (χ3v) is 4.17. The van der Waals surface area contributed by atoms with E-state index in [1.165, 1.54) is 12.1 Å². The Kier molecular flexibility index (Phi) is 4.76. The average Bonchev–Trinajstić information content (AvgIpc) is 2.71. The lowest BCUT2D eigenvalue weighted by Gasteiger charge is -2.12. The van der Waals surface area contributed by atoms with Crippen molar-refractivity contribution in [2.75, 3.05) is 12.4 Å². The second-order valence-corrected chi connectivity index (χ2v) is 5.94.